The fraction of sp³-hybridized carbons (Fsp3) is 0.500. The summed E-state index contributed by atoms with van der Waals surface area (Å²) in [4.78, 5) is 11.6. The molecule has 17 heavy (non-hydrogen) atoms. The first-order valence-corrected chi connectivity index (χ1v) is 5.97. The van der Waals surface area contributed by atoms with Crippen molar-refractivity contribution in [1.29, 1.82) is 0 Å². The Kier molecular flexibility index (Phi) is 5.16. The Bertz CT molecular complexity index is 374. The van der Waals surface area contributed by atoms with Crippen molar-refractivity contribution in [3.63, 3.8) is 0 Å². The molecule has 3 nitrogen and oxygen atoms in total. The average Bonchev–Trinajstić information content (AvgIpc) is 2.25. The van der Waals surface area contributed by atoms with Crippen LogP contribution in [-0.2, 0) is 16.1 Å². The lowest BCUT2D eigenvalue weighted by molar-refractivity contribution is -0.146. The molecule has 0 aliphatic carbocycles. The van der Waals surface area contributed by atoms with E-state index in [-0.39, 0.29) is 5.97 Å². The molecule has 1 rings (SSSR count). The van der Waals surface area contributed by atoms with Crippen LogP contribution in [-0.4, -0.2) is 12.0 Å². The van der Waals surface area contributed by atoms with E-state index in [1.54, 1.807) is 0 Å². The van der Waals surface area contributed by atoms with E-state index in [0.29, 0.717) is 18.9 Å². The molecule has 0 saturated carbocycles. The molecule has 1 atom stereocenters. The van der Waals surface area contributed by atoms with Crippen molar-refractivity contribution >= 4 is 5.97 Å². The number of carbonyl (C=O) groups is 1. The molecule has 0 aliphatic heterocycles. The molecule has 0 aromatic heterocycles. The van der Waals surface area contributed by atoms with E-state index in [2.05, 4.69) is 0 Å². The van der Waals surface area contributed by atoms with Crippen molar-refractivity contribution in [1.82, 2.24) is 0 Å². The van der Waals surface area contributed by atoms with Gasteiger partial charge in [0.2, 0.25) is 0 Å². The predicted molar refractivity (Wildman–Crippen MR) is 68.4 cm³/mol. The molecule has 1 aromatic rings. The number of ether oxygens (including phenoxy) is 1. The minimum Gasteiger partial charge on any atom is -0.460 e. The smallest absolute Gasteiger partial charge is 0.323 e. The maximum Gasteiger partial charge on any atom is 0.323 e. The van der Waals surface area contributed by atoms with Gasteiger partial charge in [-0.05, 0) is 24.8 Å². The van der Waals surface area contributed by atoms with Crippen LogP contribution in [0.4, 0.5) is 0 Å². The van der Waals surface area contributed by atoms with Gasteiger partial charge >= 0.3 is 5.97 Å². The lowest BCUT2D eigenvalue weighted by Gasteiger charge is -2.13. The second-order valence-electron chi connectivity index (χ2n) is 4.83. The molecule has 0 fully saturated rings. The summed E-state index contributed by atoms with van der Waals surface area (Å²) < 4.78 is 5.18. The maximum atomic E-state index is 11.6. The monoisotopic (exact) mass is 235 g/mol. The first kappa shape index (κ1) is 13.7. The maximum absolute atomic E-state index is 11.6. The van der Waals surface area contributed by atoms with Crippen molar-refractivity contribution in [3.8, 4) is 0 Å². The number of benzene rings is 1. The molecule has 2 N–H and O–H groups in total. The third-order valence-electron chi connectivity index (χ3n) is 2.49. The summed E-state index contributed by atoms with van der Waals surface area (Å²) in [5.41, 5.74) is 7.89. The molecule has 0 amide bonds. The largest absolute Gasteiger partial charge is 0.460 e. The first-order valence-electron chi connectivity index (χ1n) is 5.97. The molecule has 0 saturated heterocycles. The number of hydrogen-bond acceptors (Lipinski definition) is 3. The molecule has 0 heterocycles. The van der Waals surface area contributed by atoms with Crippen LogP contribution in [0.1, 0.15) is 31.4 Å². The molecule has 0 aliphatic rings. The third-order valence-corrected chi connectivity index (χ3v) is 2.49. The van der Waals surface area contributed by atoms with Crippen molar-refractivity contribution in [2.75, 3.05) is 0 Å². The van der Waals surface area contributed by atoms with E-state index < -0.39 is 6.04 Å². The fourth-order valence-electron chi connectivity index (χ4n) is 1.67. The van der Waals surface area contributed by atoms with Crippen molar-refractivity contribution in [3.05, 3.63) is 35.4 Å². The van der Waals surface area contributed by atoms with Crippen molar-refractivity contribution in [2.24, 2.45) is 11.7 Å². The van der Waals surface area contributed by atoms with E-state index in [1.807, 2.05) is 45.0 Å². The summed E-state index contributed by atoms with van der Waals surface area (Å²) in [5.74, 6) is 0.0803. The van der Waals surface area contributed by atoms with Gasteiger partial charge in [0.15, 0.2) is 0 Å². The van der Waals surface area contributed by atoms with Gasteiger partial charge in [0, 0.05) is 0 Å². The second-order valence-corrected chi connectivity index (χ2v) is 4.83. The highest BCUT2D eigenvalue weighted by atomic mass is 16.5. The number of rotatable bonds is 5. The molecule has 1 aromatic carbocycles. The van der Waals surface area contributed by atoms with Gasteiger partial charge in [0.1, 0.15) is 12.6 Å². The molecular weight excluding hydrogens is 214 g/mol. The van der Waals surface area contributed by atoms with E-state index >= 15 is 0 Å². The van der Waals surface area contributed by atoms with Crippen LogP contribution in [0.3, 0.4) is 0 Å². The Labute approximate surface area is 103 Å². The van der Waals surface area contributed by atoms with Gasteiger partial charge in [-0.3, -0.25) is 4.79 Å². The third kappa shape index (κ3) is 5.00. The Balaban J connectivity index is 2.43. The molecule has 0 bridgehead atoms. The highest BCUT2D eigenvalue weighted by Gasteiger charge is 2.16. The van der Waals surface area contributed by atoms with Crippen LogP contribution < -0.4 is 5.73 Å². The van der Waals surface area contributed by atoms with Gasteiger partial charge in [-0.25, -0.2) is 0 Å². The number of carbonyl (C=O) groups excluding carboxylic acids is 1. The van der Waals surface area contributed by atoms with Crippen LogP contribution in [0.25, 0.3) is 0 Å². The summed E-state index contributed by atoms with van der Waals surface area (Å²) >= 11 is 0. The zero-order valence-corrected chi connectivity index (χ0v) is 10.8. The summed E-state index contributed by atoms with van der Waals surface area (Å²) in [5, 5.41) is 0. The average molecular weight is 235 g/mol. The predicted octanol–water partition coefficient (Wildman–Crippen LogP) is 2.41. The van der Waals surface area contributed by atoms with Gasteiger partial charge in [-0.15, -0.1) is 0 Å². The van der Waals surface area contributed by atoms with Crippen molar-refractivity contribution in [2.45, 2.75) is 39.8 Å². The minimum atomic E-state index is -0.514. The highest BCUT2D eigenvalue weighted by molar-refractivity contribution is 5.75. The van der Waals surface area contributed by atoms with E-state index in [4.69, 9.17) is 10.5 Å². The SMILES string of the molecule is Cc1cccc(COC(=O)C(N)CC(C)C)c1. The summed E-state index contributed by atoms with van der Waals surface area (Å²) in [6, 6.07) is 7.39. The summed E-state index contributed by atoms with van der Waals surface area (Å²) in [6.07, 6.45) is 0.659. The van der Waals surface area contributed by atoms with E-state index in [9.17, 15) is 4.79 Å². The lowest BCUT2D eigenvalue weighted by Crippen LogP contribution is -2.33. The molecule has 0 spiro atoms. The second kappa shape index (κ2) is 6.40. The van der Waals surface area contributed by atoms with Crippen LogP contribution in [0.15, 0.2) is 24.3 Å². The van der Waals surface area contributed by atoms with Crippen LogP contribution in [0, 0.1) is 12.8 Å². The first-order chi connectivity index (χ1) is 7.99. The zero-order chi connectivity index (χ0) is 12.8. The van der Waals surface area contributed by atoms with Gasteiger partial charge in [-0.2, -0.15) is 0 Å². The van der Waals surface area contributed by atoms with Gasteiger partial charge in [0.05, 0.1) is 0 Å². The lowest BCUT2D eigenvalue weighted by atomic mass is 10.1. The topological polar surface area (TPSA) is 52.3 Å². The number of esters is 1. The minimum absolute atomic E-state index is 0.298. The summed E-state index contributed by atoms with van der Waals surface area (Å²) in [6.45, 7) is 6.38. The van der Waals surface area contributed by atoms with E-state index in [1.165, 1.54) is 0 Å². The molecular formula is C14H21NO2. The van der Waals surface area contributed by atoms with Crippen LogP contribution >= 0.6 is 0 Å². The summed E-state index contributed by atoms with van der Waals surface area (Å²) in [7, 11) is 0. The Hall–Kier alpha value is -1.35. The van der Waals surface area contributed by atoms with Crippen LogP contribution in [0.5, 0.6) is 0 Å². The van der Waals surface area contributed by atoms with Gasteiger partial charge in [-0.1, -0.05) is 43.7 Å². The Morgan fingerprint density at radius 2 is 2.12 bits per heavy atom. The number of aryl methyl sites for hydroxylation is 1. The van der Waals surface area contributed by atoms with Gasteiger partial charge in [0.25, 0.3) is 0 Å². The van der Waals surface area contributed by atoms with Crippen LogP contribution in [0.2, 0.25) is 0 Å². The fourth-order valence-corrected chi connectivity index (χ4v) is 1.67. The zero-order valence-electron chi connectivity index (χ0n) is 10.8. The quantitative estimate of drug-likeness (QED) is 0.797. The molecule has 0 radical (unpaired) electrons. The number of hydrogen-bond donors (Lipinski definition) is 1. The standard InChI is InChI=1S/C14H21NO2/c1-10(2)7-13(15)14(16)17-9-12-6-4-5-11(3)8-12/h4-6,8,10,13H,7,9,15H2,1-3H3. The molecule has 1 unspecified atom stereocenters. The van der Waals surface area contributed by atoms with E-state index in [0.717, 1.165) is 11.1 Å². The Morgan fingerprint density at radius 3 is 2.71 bits per heavy atom. The molecule has 94 valence electrons. The normalized spacial score (nSPS) is 12.5. The highest BCUT2D eigenvalue weighted by Crippen LogP contribution is 2.08. The van der Waals surface area contributed by atoms with Gasteiger partial charge < -0.3 is 10.5 Å². The number of nitrogens with two attached hydrogens (primary N) is 1. The Morgan fingerprint density at radius 1 is 1.41 bits per heavy atom. The molecule has 3 heteroatoms. The van der Waals surface area contributed by atoms with Crippen molar-refractivity contribution < 1.29 is 9.53 Å².